The van der Waals surface area contributed by atoms with Crippen molar-refractivity contribution in [2.75, 3.05) is 18.5 Å². The minimum absolute atomic E-state index is 0.0814. The first-order valence-corrected chi connectivity index (χ1v) is 15.8. The molecule has 1 aromatic heterocycles. The van der Waals surface area contributed by atoms with Gasteiger partial charge in [0.05, 0.1) is 18.9 Å². The summed E-state index contributed by atoms with van der Waals surface area (Å²) < 4.78 is 25.0. The highest BCUT2D eigenvalue weighted by molar-refractivity contribution is 5.95. The van der Waals surface area contributed by atoms with E-state index in [1.54, 1.807) is 0 Å². The van der Waals surface area contributed by atoms with Crippen LogP contribution in [0.1, 0.15) is 65.9 Å². The van der Waals surface area contributed by atoms with E-state index in [-0.39, 0.29) is 24.9 Å². The van der Waals surface area contributed by atoms with Gasteiger partial charge < -0.3 is 29.3 Å². The number of fused-ring (bicyclic) bond motifs is 4. The number of carbonyl (C=O) groups is 2. The molecular weight excluding hydrogens is 584 g/mol. The first-order chi connectivity index (χ1) is 22.4. The van der Waals surface area contributed by atoms with Crippen LogP contribution in [0.2, 0.25) is 0 Å². The van der Waals surface area contributed by atoms with Crippen molar-refractivity contribution >= 4 is 23.5 Å². The summed E-state index contributed by atoms with van der Waals surface area (Å²) in [5, 5.41) is 6.75. The van der Waals surface area contributed by atoms with E-state index in [4.69, 9.17) is 23.6 Å². The Morgan fingerprint density at radius 2 is 1.87 bits per heavy atom. The molecule has 4 aliphatic heterocycles. The normalized spacial score (nSPS) is 23.9. The van der Waals surface area contributed by atoms with Gasteiger partial charge in [0.25, 0.3) is 0 Å². The predicted octanol–water partition coefficient (Wildman–Crippen LogP) is 5.05. The molecule has 46 heavy (non-hydrogen) atoms. The van der Waals surface area contributed by atoms with Crippen LogP contribution in [0, 0.1) is 11.8 Å². The van der Waals surface area contributed by atoms with Gasteiger partial charge in [0.15, 0.2) is 17.7 Å². The number of anilines is 1. The van der Waals surface area contributed by atoms with Crippen LogP contribution in [0.5, 0.6) is 5.75 Å². The highest BCUT2D eigenvalue weighted by Crippen LogP contribution is 2.58. The Morgan fingerprint density at radius 1 is 1.04 bits per heavy atom. The lowest BCUT2D eigenvalue weighted by Crippen LogP contribution is -2.41. The Hall–Kier alpha value is -5.12. The molecule has 5 heterocycles. The van der Waals surface area contributed by atoms with Gasteiger partial charge in [0.1, 0.15) is 30.4 Å². The van der Waals surface area contributed by atoms with Gasteiger partial charge in [-0.15, -0.1) is 0 Å². The van der Waals surface area contributed by atoms with Gasteiger partial charge in [0.2, 0.25) is 17.7 Å². The molecule has 234 valence electrons. The third-order valence-electron chi connectivity index (χ3n) is 9.27. The summed E-state index contributed by atoms with van der Waals surface area (Å²) in [5.41, 5.74) is 4.17. The van der Waals surface area contributed by atoms with E-state index >= 15 is 0 Å². The average Bonchev–Trinajstić information content (AvgIpc) is 3.85. The van der Waals surface area contributed by atoms with E-state index < -0.39 is 29.6 Å². The monoisotopic (exact) mass is 618 g/mol. The number of aromatic nitrogens is 1. The van der Waals surface area contributed by atoms with Gasteiger partial charge in [-0.25, -0.2) is 9.98 Å². The first kappa shape index (κ1) is 28.4. The van der Waals surface area contributed by atoms with Crippen molar-refractivity contribution < 1.29 is 28.2 Å². The molecular formula is C36H34N4O6. The second-order valence-corrected chi connectivity index (χ2v) is 12.6. The van der Waals surface area contributed by atoms with Crippen molar-refractivity contribution in [3.05, 3.63) is 112 Å². The third kappa shape index (κ3) is 4.54. The second kappa shape index (κ2) is 11.0. The van der Waals surface area contributed by atoms with E-state index in [2.05, 4.69) is 27.8 Å². The molecule has 4 atom stereocenters. The summed E-state index contributed by atoms with van der Waals surface area (Å²) in [7, 11) is 0. The standard InChI is InChI=1S/C36H34N4O6/c1-20(2)29-34-40-30(33-37-14-15-43-33)31(46-34)36-24-10-6-7-11-26(24)38-35(36)45-27-13-12-22(17-25(27)36)16-23(32(42)39-29)18-28(41)44-19-21-8-4-3-5-9-21/h3-13,17,20,23,29,35,38H,14-16,18-19H2,1-2H3,(H,39,42)/t23?,29-,35-,36?/m0/s1. The summed E-state index contributed by atoms with van der Waals surface area (Å²) in [6, 6.07) is 23.0. The second-order valence-electron chi connectivity index (χ2n) is 12.6. The average molecular weight is 619 g/mol. The van der Waals surface area contributed by atoms with Crippen molar-refractivity contribution in [1.29, 1.82) is 0 Å². The zero-order valence-electron chi connectivity index (χ0n) is 25.6. The fourth-order valence-electron chi connectivity index (χ4n) is 7.04. The molecule has 10 heteroatoms. The quantitative estimate of drug-likeness (QED) is 0.288. The molecule has 4 aliphatic rings. The van der Waals surface area contributed by atoms with Crippen LogP contribution in [0.4, 0.5) is 5.69 Å². The van der Waals surface area contributed by atoms with Crippen molar-refractivity contribution in [2.45, 2.75) is 51.0 Å². The topological polar surface area (TPSA) is 124 Å². The minimum atomic E-state index is -0.911. The number of nitrogens with one attached hydrogen (secondary N) is 2. The molecule has 1 amide bonds. The Balaban J connectivity index is 1.26. The molecule has 3 aromatic carbocycles. The maximum absolute atomic E-state index is 14.0. The van der Waals surface area contributed by atoms with Crippen LogP contribution in [0.3, 0.4) is 0 Å². The molecule has 10 nitrogen and oxygen atoms in total. The van der Waals surface area contributed by atoms with E-state index in [1.165, 1.54) is 0 Å². The molecule has 8 rings (SSSR count). The lowest BCUT2D eigenvalue weighted by atomic mass is 9.72. The number of carbonyl (C=O) groups excluding carboxylic acids is 2. The lowest BCUT2D eigenvalue weighted by Gasteiger charge is -2.28. The van der Waals surface area contributed by atoms with E-state index in [0.29, 0.717) is 48.6 Å². The van der Waals surface area contributed by atoms with Gasteiger partial charge in [0, 0.05) is 11.3 Å². The number of amides is 1. The first-order valence-electron chi connectivity index (χ1n) is 15.8. The molecule has 0 radical (unpaired) electrons. The van der Waals surface area contributed by atoms with Crippen LogP contribution in [-0.2, 0) is 37.5 Å². The number of aliphatic imine (C=N–C) groups is 1. The summed E-state index contributed by atoms with van der Waals surface area (Å²) in [6.07, 6.45) is -0.271. The van der Waals surface area contributed by atoms with Gasteiger partial charge in [-0.3, -0.25) is 9.59 Å². The molecule has 0 aliphatic carbocycles. The Morgan fingerprint density at radius 3 is 2.67 bits per heavy atom. The predicted molar refractivity (Wildman–Crippen MR) is 168 cm³/mol. The Labute approximate surface area is 266 Å². The highest BCUT2D eigenvalue weighted by Gasteiger charge is 2.61. The van der Waals surface area contributed by atoms with Gasteiger partial charge in [-0.2, -0.15) is 0 Å². The van der Waals surface area contributed by atoms with Crippen molar-refractivity contribution in [1.82, 2.24) is 10.3 Å². The van der Waals surface area contributed by atoms with Crippen LogP contribution in [-0.4, -0.2) is 42.1 Å². The number of benzene rings is 3. The smallest absolute Gasteiger partial charge is 0.306 e. The molecule has 4 aromatic rings. The number of oxazole rings is 1. The summed E-state index contributed by atoms with van der Waals surface area (Å²) in [6.45, 7) is 5.11. The third-order valence-corrected chi connectivity index (χ3v) is 9.27. The van der Waals surface area contributed by atoms with Gasteiger partial charge in [-0.05, 0) is 41.2 Å². The molecule has 1 spiro atoms. The lowest BCUT2D eigenvalue weighted by molar-refractivity contribution is -0.148. The molecule has 4 bridgehead atoms. The van der Waals surface area contributed by atoms with Crippen molar-refractivity contribution in [2.24, 2.45) is 16.8 Å². The maximum atomic E-state index is 14.0. The highest BCUT2D eigenvalue weighted by atomic mass is 16.5. The van der Waals surface area contributed by atoms with Crippen LogP contribution >= 0.6 is 0 Å². The number of hydrogen-bond acceptors (Lipinski definition) is 9. The zero-order chi connectivity index (χ0) is 31.4. The summed E-state index contributed by atoms with van der Waals surface area (Å²) in [5.74, 6) is 0.528. The minimum Gasteiger partial charge on any atom is -0.474 e. The fraction of sp³-hybridized carbons (Fsp3) is 0.333. The zero-order valence-corrected chi connectivity index (χ0v) is 25.6. The van der Waals surface area contributed by atoms with E-state index in [0.717, 1.165) is 27.9 Å². The number of hydrogen-bond donors (Lipinski definition) is 2. The largest absolute Gasteiger partial charge is 0.474 e. The fourth-order valence-corrected chi connectivity index (χ4v) is 7.04. The molecule has 2 unspecified atom stereocenters. The van der Waals surface area contributed by atoms with Crippen molar-refractivity contribution in [3.63, 3.8) is 0 Å². The van der Waals surface area contributed by atoms with Crippen LogP contribution in [0.15, 0.2) is 82.2 Å². The van der Waals surface area contributed by atoms with Crippen molar-refractivity contribution in [3.8, 4) is 5.75 Å². The Bertz CT molecular complexity index is 1870. The van der Waals surface area contributed by atoms with E-state index in [9.17, 15) is 9.59 Å². The molecule has 0 saturated carbocycles. The molecule has 2 N–H and O–H groups in total. The van der Waals surface area contributed by atoms with Gasteiger partial charge in [-0.1, -0.05) is 74.5 Å². The summed E-state index contributed by atoms with van der Waals surface area (Å²) in [4.78, 5) is 36.8. The van der Waals surface area contributed by atoms with Crippen LogP contribution in [0.25, 0.3) is 0 Å². The SMILES string of the molecule is CC(C)[C@@H]1NC(=O)C(CC(=O)OCc2ccccc2)Cc2ccc3c(c2)C2(c4ccccc4N[C@H]2O3)c2oc1nc2C1=NCCO1. The van der Waals surface area contributed by atoms with Gasteiger partial charge >= 0.3 is 5.97 Å². The maximum Gasteiger partial charge on any atom is 0.306 e. The Kier molecular flexibility index (Phi) is 6.81. The number of nitrogens with zero attached hydrogens (tertiary/aromatic N) is 2. The number of para-hydroxylation sites is 1. The van der Waals surface area contributed by atoms with Crippen LogP contribution < -0.4 is 15.4 Å². The summed E-state index contributed by atoms with van der Waals surface area (Å²) >= 11 is 0. The van der Waals surface area contributed by atoms with E-state index in [1.807, 2.05) is 74.5 Å². The number of rotatable bonds is 6. The molecule has 0 saturated heterocycles. The number of esters is 1. The molecule has 0 fully saturated rings. The number of ether oxygens (including phenoxy) is 3.